The number of hydrogen-bond donors (Lipinski definition) is 3. The molecule has 0 aliphatic rings. The van der Waals surface area contributed by atoms with Crippen molar-refractivity contribution in [1.82, 2.24) is 24.8 Å². The van der Waals surface area contributed by atoms with Gasteiger partial charge >= 0.3 is 0 Å². The number of hydrogen-bond acceptors (Lipinski definition) is 7. The van der Waals surface area contributed by atoms with Crippen LogP contribution in [0.25, 0.3) is 39.5 Å². The summed E-state index contributed by atoms with van der Waals surface area (Å²) in [5.41, 5.74) is 12.7. The molecule has 0 saturated carbocycles. The van der Waals surface area contributed by atoms with Crippen LogP contribution in [0.4, 0.5) is 5.82 Å². The predicted octanol–water partition coefficient (Wildman–Crippen LogP) is 5.11. The van der Waals surface area contributed by atoms with Crippen LogP contribution < -0.4 is 11.1 Å². The van der Waals surface area contributed by atoms with Crippen LogP contribution in [-0.2, 0) is 17.8 Å². The van der Waals surface area contributed by atoms with E-state index in [1.54, 1.807) is 12.3 Å². The van der Waals surface area contributed by atoms with Crippen molar-refractivity contribution < 1.29 is 14.7 Å². The molecule has 9 heteroatoms. The van der Waals surface area contributed by atoms with Crippen LogP contribution >= 0.6 is 0 Å². The number of anilines is 1. The number of aromatic hydroxyl groups is 1. The minimum absolute atomic E-state index is 0.114. The molecule has 0 spiro atoms. The number of carbonyl (C=O) groups excluding carboxylic acids is 2. The number of fused-ring (bicyclic) bond motifs is 1. The van der Waals surface area contributed by atoms with Crippen LogP contribution in [0.5, 0.6) is 5.75 Å². The molecule has 1 amide bonds. The number of amides is 1. The van der Waals surface area contributed by atoms with E-state index < -0.39 is 0 Å². The molecule has 0 atom stereocenters. The summed E-state index contributed by atoms with van der Waals surface area (Å²) < 4.78 is 1.95. The second kappa shape index (κ2) is 11.3. The van der Waals surface area contributed by atoms with E-state index in [0.29, 0.717) is 40.2 Å². The van der Waals surface area contributed by atoms with E-state index in [1.807, 2.05) is 83.4 Å². The Morgan fingerprint density at radius 1 is 0.905 bits per heavy atom. The average molecular weight is 555 g/mol. The van der Waals surface area contributed by atoms with E-state index >= 15 is 0 Å². The van der Waals surface area contributed by atoms with Crippen molar-refractivity contribution in [2.45, 2.75) is 13.0 Å². The summed E-state index contributed by atoms with van der Waals surface area (Å²) in [4.78, 5) is 37.7. The number of aldehydes is 1. The monoisotopic (exact) mass is 554 g/mol. The van der Waals surface area contributed by atoms with Crippen LogP contribution in [0.3, 0.4) is 0 Å². The quantitative estimate of drug-likeness (QED) is 0.223. The van der Waals surface area contributed by atoms with Crippen molar-refractivity contribution in [2.24, 2.45) is 0 Å². The predicted molar refractivity (Wildman–Crippen MR) is 161 cm³/mol. The fourth-order valence-electron chi connectivity index (χ4n) is 4.77. The molecular weight excluding hydrogens is 528 g/mol. The third-order valence-corrected chi connectivity index (χ3v) is 6.92. The fraction of sp³-hybridized carbons (Fsp3) is 0.0606. The van der Waals surface area contributed by atoms with Crippen LogP contribution in [0.2, 0.25) is 0 Å². The molecule has 206 valence electrons. The van der Waals surface area contributed by atoms with Crippen molar-refractivity contribution in [3.63, 3.8) is 0 Å². The van der Waals surface area contributed by atoms with Gasteiger partial charge in [0.1, 0.15) is 17.1 Å². The molecule has 0 aliphatic heterocycles. The van der Waals surface area contributed by atoms with Gasteiger partial charge in [0, 0.05) is 24.0 Å². The van der Waals surface area contributed by atoms with Gasteiger partial charge in [-0.25, -0.2) is 15.0 Å². The first-order chi connectivity index (χ1) is 20.5. The van der Waals surface area contributed by atoms with Crippen molar-refractivity contribution in [3.05, 3.63) is 120 Å². The summed E-state index contributed by atoms with van der Waals surface area (Å²) in [6.07, 6.45) is 2.39. The summed E-state index contributed by atoms with van der Waals surface area (Å²) in [5, 5.41) is 12.7. The maximum absolute atomic E-state index is 12.7. The Morgan fingerprint density at radius 3 is 2.43 bits per heavy atom. The van der Waals surface area contributed by atoms with Gasteiger partial charge in [-0.15, -0.1) is 0 Å². The molecule has 0 saturated heterocycles. The lowest BCUT2D eigenvalue weighted by Gasteiger charge is -2.12. The summed E-state index contributed by atoms with van der Waals surface area (Å²) >= 11 is 0. The third-order valence-electron chi connectivity index (χ3n) is 6.92. The largest absolute Gasteiger partial charge is 0.507 e. The van der Waals surface area contributed by atoms with Gasteiger partial charge in [-0.2, -0.15) is 0 Å². The van der Waals surface area contributed by atoms with Gasteiger partial charge in [-0.05, 0) is 59.7 Å². The SMILES string of the molecule is Nc1ncccc1-c1nc2ccc(-c3ccccc3)nc2n1-c1ccc(CC(=O)NCc2ccc(C=O)c(O)c2)cc1. The molecule has 0 bridgehead atoms. The van der Waals surface area contributed by atoms with Gasteiger partial charge in [0.05, 0.1) is 23.2 Å². The van der Waals surface area contributed by atoms with Gasteiger partial charge in [-0.3, -0.25) is 14.2 Å². The van der Waals surface area contributed by atoms with Crippen LogP contribution in [0.15, 0.2) is 103 Å². The van der Waals surface area contributed by atoms with E-state index in [-0.39, 0.29) is 30.2 Å². The Morgan fingerprint density at radius 2 is 1.69 bits per heavy atom. The maximum Gasteiger partial charge on any atom is 0.224 e. The number of nitrogen functional groups attached to an aromatic ring is 1. The van der Waals surface area contributed by atoms with Crippen LogP contribution in [0, 0.1) is 0 Å². The molecule has 42 heavy (non-hydrogen) atoms. The number of nitrogens with zero attached hydrogens (tertiary/aromatic N) is 4. The zero-order chi connectivity index (χ0) is 29.1. The average Bonchev–Trinajstić information content (AvgIpc) is 3.40. The van der Waals surface area contributed by atoms with Gasteiger partial charge < -0.3 is 16.2 Å². The second-order valence-corrected chi connectivity index (χ2v) is 9.74. The highest BCUT2D eigenvalue weighted by Crippen LogP contribution is 2.31. The molecular formula is C33H26N6O3. The zero-order valence-electron chi connectivity index (χ0n) is 22.4. The van der Waals surface area contributed by atoms with E-state index in [2.05, 4.69) is 10.3 Å². The number of benzene rings is 3. The Bertz CT molecular complexity index is 1920. The van der Waals surface area contributed by atoms with Gasteiger partial charge in [0.2, 0.25) is 5.91 Å². The molecule has 3 aromatic carbocycles. The lowest BCUT2D eigenvalue weighted by molar-refractivity contribution is -0.120. The van der Waals surface area contributed by atoms with E-state index in [4.69, 9.17) is 15.7 Å². The Hall–Kier alpha value is -5.83. The lowest BCUT2D eigenvalue weighted by atomic mass is 10.1. The number of phenolic OH excluding ortho intramolecular Hbond substituents is 1. The molecule has 4 N–H and O–H groups in total. The second-order valence-electron chi connectivity index (χ2n) is 9.74. The molecule has 6 aromatic rings. The third kappa shape index (κ3) is 5.31. The topological polar surface area (TPSA) is 136 Å². The molecule has 6 rings (SSSR count). The van der Waals surface area contributed by atoms with Crippen molar-refractivity contribution in [2.75, 3.05) is 5.73 Å². The van der Waals surface area contributed by atoms with Crippen molar-refractivity contribution >= 4 is 29.2 Å². The normalized spacial score (nSPS) is 11.0. The lowest BCUT2D eigenvalue weighted by Crippen LogP contribution is -2.24. The summed E-state index contributed by atoms with van der Waals surface area (Å²) in [6, 6.07) is 29.8. The first kappa shape index (κ1) is 26.4. The zero-order valence-corrected chi connectivity index (χ0v) is 22.4. The minimum atomic E-state index is -0.173. The summed E-state index contributed by atoms with van der Waals surface area (Å²) in [5.74, 6) is 0.687. The van der Waals surface area contributed by atoms with Crippen molar-refractivity contribution in [3.8, 4) is 34.1 Å². The van der Waals surface area contributed by atoms with Gasteiger partial charge in [-0.1, -0.05) is 48.5 Å². The summed E-state index contributed by atoms with van der Waals surface area (Å²) in [6.45, 7) is 0.232. The molecule has 0 fully saturated rings. The minimum Gasteiger partial charge on any atom is -0.507 e. The fourth-order valence-corrected chi connectivity index (χ4v) is 4.77. The number of phenols is 1. The molecule has 3 aromatic heterocycles. The number of carbonyl (C=O) groups is 2. The van der Waals surface area contributed by atoms with Crippen LogP contribution in [-0.4, -0.2) is 36.8 Å². The first-order valence-electron chi connectivity index (χ1n) is 13.3. The molecule has 0 aliphatic carbocycles. The summed E-state index contributed by atoms with van der Waals surface area (Å²) in [7, 11) is 0. The van der Waals surface area contributed by atoms with E-state index in [0.717, 1.165) is 22.5 Å². The Kier molecular flexibility index (Phi) is 7.13. The number of nitrogens with one attached hydrogen (secondary N) is 1. The molecule has 3 heterocycles. The van der Waals surface area contributed by atoms with E-state index in [1.165, 1.54) is 12.1 Å². The Balaban J connectivity index is 1.30. The number of aromatic nitrogens is 4. The molecule has 9 nitrogen and oxygen atoms in total. The number of nitrogens with two attached hydrogens (primary N) is 1. The smallest absolute Gasteiger partial charge is 0.224 e. The number of pyridine rings is 2. The van der Waals surface area contributed by atoms with Crippen molar-refractivity contribution in [1.29, 1.82) is 0 Å². The maximum atomic E-state index is 12.7. The highest BCUT2D eigenvalue weighted by atomic mass is 16.3. The Labute approximate surface area is 241 Å². The number of imidazole rings is 1. The first-order valence-corrected chi connectivity index (χ1v) is 13.3. The van der Waals surface area contributed by atoms with E-state index in [9.17, 15) is 14.7 Å². The highest BCUT2D eigenvalue weighted by molar-refractivity contribution is 5.85. The molecule has 0 radical (unpaired) electrons. The highest BCUT2D eigenvalue weighted by Gasteiger charge is 2.19. The number of rotatable bonds is 8. The van der Waals surface area contributed by atoms with Gasteiger partial charge in [0.25, 0.3) is 0 Å². The standard InChI is InChI=1S/C33H26N6O3/c34-31-26(7-4-16-35-31)32-38-28-15-14-27(23-5-2-1-3-6-23)37-33(28)39(32)25-12-9-21(10-13-25)18-30(42)36-19-22-8-11-24(20-40)29(41)17-22/h1-17,20,41H,18-19H2,(H2,34,35)(H,36,42). The van der Waals surface area contributed by atoms with Gasteiger partial charge in [0.15, 0.2) is 17.8 Å². The molecule has 0 unspecified atom stereocenters. The van der Waals surface area contributed by atoms with Crippen LogP contribution in [0.1, 0.15) is 21.5 Å².